The van der Waals surface area contributed by atoms with Gasteiger partial charge in [0, 0.05) is 18.7 Å². The molecule has 1 saturated heterocycles. The minimum atomic E-state index is 0.260. The summed E-state index contributed by atoms with van der Waals surface area (Å²) in [4.78, 5) is 13.6. The third kappa shape index (κ3) is 3.44. The van der Waals surface area contributed by atoms with Gasteiger partial charge in [-0.1, -0.05) is 29.8 Å². The Morgan fingerprint density at radius 2 is 2.12 bits per heavy atom. The van der Waals surface area contributed by atoms with Crippen LogP contribution in [0.2, 0.25) is 0 Å². The van der Waals surface area contributed by atoms with Gasteiger partial charge in [-0.3, -0.25) is 4.98 Å². The van der Waals surface area contributed by atoms with Crippen molar-refractivity contribution in [1.82, 2.24) is 24.7 Å². The van der Waals surface area contributed by atoms with E-state index in [9.17, 15) is 0 Å². The summed E-state index contributed by atoms with van der Waals surface area (Å²) in [5.74, 6) is 1.86. The molecule has 0 bridgehead atoms. The summed E-state index contributed by atoms with van der Waals surface area (Å²) in [5.41, 5.74) is 4.06. The van der Waals surface area contributed by atoms with Crippen LogP contribution < -0.4 is 0 Å². The number of aryl methyl sites for hydroxylation is 2. The first-order valence-corrected chi connectivity index (χ1v) is 8.56. The van der Waals surface area contributed by atoms with Crippen LogP contribution in [0.4, 0.5) is 0 Å². The van der Waals surface area contributed by atoms with Crippen molar-refractivity contribution in [3.05, 3.63) is 59.3 Å². The normalized spacial score (nSPS) is 17.1. The number of benzene rings is 1. The molecule has 0 aliphatic carbocycles. The first-order chi connectivity index (χ1) is 12.2. The van der Waals surface area contributed by atoms with E-state index in [2.05, 4.69) is 41.2 Å². The molecule has 0 saturated carbocycles. The van der Waals surface area contributed by atoms with Gasteiger partial charge < -0.3 is 4.74 Å². The van der Waals surface area contributed by atoms with Crippen molar-refractivity contribution in [3.8, 4) is 11.5 Å². The molecule has 6 heteroatoms. The molecule has 0 amide bonds. The summed E-state index contributed by atoms with van der Waals surface area (Å²) in [6.45, 7) is 6.14. The fourth-order valence-electron chi connectivity index (χ4n) is 3.06. The molecule has 2 aromatic heterocycles. The van der Waals surface area contributed by atoms with Crippen molar-refractivity contribution in [2.24, 2.45) is 0 Å². The molecule has 128 valence electrons. The van der Waals surface area contributed by atoms with Crippen LogP contribution in [0.5, 0.6) is 0 Å². The van der Waals surface area contributed by atoms with Crippen molar-refractivity contribution >= 4 is 0 Å². The Morgan fingerprint density at radius 3 is 2.84 bits per heavy atom. The van der Waals surface area contributed by atoms with Crippen molar-refractivity contribution in [3.63, 3.8) is 0 Å². The Morgan fingerprint density at radius 1 is 1.20 bits per heavy atom. The number of hydrogen-bond donors (Lipinski definition) is 0. The van der Waals surface area contributed by atoms with Gasteiger partial charge in [-0.05, 0) is 25.8 Å². The highest BCUT2D eigenvalue weighted by atomic mass is 16.5. The Kier molecular flexibility index (Phi) is 4.28. The maximum atomic E-state index is 5.50. The minimum absolute atomic E-state index is 0.260. The highest BCUT2D eigenvalue weighted by molar-refractivity contribution is 5.48. The zero-order chi connectivity index (χ0) is 17.2. The predicted octanol–water partition coefficient (Wildman–Crippen LogP) is 2.90. The molecule has 1 aliphatic heterocycles. The van der Waals surface area contributed by atoms with E-state index in [1.165, 1.54) is 11.1 Å². The zero-order valence-corrected chi connectivity index (χ0v) is 14.5. The standard InChI is InChI=1S/C19H21N5O/c1-13-4-3-5-15(8-13)11-24-19(17-10-20-14(2)9-21-17)22-18(23-24)16-6-7-25-12-16/h3-5,8-10,16H,6-7,11-12H2,1-2H3/t16-/m0/s1. The smallest absolute Gasteiger partial charge is 0.178 e. The average molecular weight is 335 g/mol. The van der Waals surface area contributed by atoms with Gasteiger partial charge in [0.15, 0.2) is 11.6 Å². The van der Waals surface area contributed by atoms with E-state index in [1.54, 1.807) is 12.4 Å². The predicted molar refractivity (Wildman–Crippen MR) is 94.2 cm³/mol. The van der Waals surface area contributed by atoms with E-state index in [-0.39, 0.29) is 5.92 Å². The maximum absolute atomic E-state index is 5.50. The quantitative estimate of drug-likeness (QED) is 0.733. The SMILES string of the molecule is Cc1cccc(Cn2nc([C@H]3CCOC3)nc2-c2cnc(C)cn2)c1. The molecule has 3 heterocycles. The largest absolute Gasteiger partial charge is 0.381 e. The topological polar surface area (TPSA) is 65.7 Å². The molecular formula is C19H21N5O. The van der Waals surface area contributed by atoms with Crippen LogP contribution in [0.1, 0.15) is 35.0 Å². The van der Waals surface area contributed by atoms with Crippen LogP contribution in [0.15, 0.2) is 36.7 Å². The highest BCUT2D eigenvalue weighted by Gasteiger charge is 2.24. The molecular weight excluding hydrogens is 314 g/mol. The van der Waals surface area contributed by atoms with Crippen LogP contribution in [0, 0.1) is 13.8 Å². The second-order valence-corrected chi connectivity index (χ2v) is 6.54. The Hall–Kier alpha value is -2.60. The second-order valence-electron chi connectivity index (χ2n) is 6.54. The Bertz CT molecular complexity index is 866. The lowest BCUT2D eigenvalue weighted by Gasteiger charge is -2.06. The molecule has 6 nitrogen and oxygen atoms in total. The lowest BCUT2D eigenvalue weighted by atomic mass is 10.1. The second kappa shape index (κ2) is 6.72. The number of ether oxygens (including phenoxy) is 1. The maximum Gasteiger partial charge on any atom is 0.178 e. The minimum Gasteiger partial charge on any atom is -0.381 e. The van der Waals surface area contributed by atoms with E-state index < -0.39 is 0 Å². The first kappa shape index (κ1) is 15.9. The lowest BCUT2D eigenvalue weighted by molar-refractivity contribution is 0.193. The summed E-state index contributed by atoms with van der Waals surface area (Å²) < 4.78 is 7.43. The lowest BCUT2D eigenvalue weighted by Crippen LogP contribution is -2.06. The number of aromatic nitrogens is 5. The van der Waals surface area contributed by atoms with Gasteiger partial charge in [-0.2, -0.15) is 5.10 Å². The first-order valence-electron chi connectivity index (χ1n) is 8.56. The van der Waals surface area contributed by atoms with E-state index in [0.717, 1.165) is 36.1 Å². The molecule has 1 aliphatic rings. The van der Waals surface area contributed by atoms with E-state index in [0.29, 0.717) is 13.2 Å². The van der Waals surface area contributed by atoms with Gasteiger partial charge in [-0.15, -0.1) is 0 Å². The third-order valence-corrected chi connectivity index (χ3v) is 4.41. The molecule has 3 aromatic rings. The molecule has 0 spiro atoms. The summed E-state index contributed by atoms with van der Waals surface area (Å²) >= 11 is 0. The van der Waals surface area contributed by atoms with Gasteiger partial charge in [-0.25, -0.2) is 14.6 Å². The summed E-state index contributed by atoms with van der Waals surface area (Å²) in [6.07, 6.45) is 4.49. The van der Waals surface area contributed by atoms with Crippen molar-refractivity contribution in [2.75, 3.05) is 13.2 Å². The van der Waals surface area contributed by atoms with Crippen LogP contribution in [0.3, 0.4) is 0 Å². The highest BCUT2D eigenvalue weighted by Crippen LogP contribution is 2.25. The van der Waals surface area contributed by atoms with E-state index >= 15 is 0 Å². The molecule has 0 unspecified atom stereocenters. The average Bonchev–Trinajstić information content (AvgIpc) is 3.25. The van der Waals surface area contributed by atoms with Crippen molar-refractivity contribution in [1.29, 1.82) is 0 Å². The van der Waals surface area contributed by atoms with E-state index in [1.807, 2.05) is 11.6 Å². The van der Waals surface area contributed by atoms with Crippen LogP contribution in [-0.2, 0) is 11.3 Å². The molecule has 0 N–H and O–H groups in total. The summed E-state index contributed by atoms with van der Waals surface area (Å²) in [6, 6.07) is 8.44. The Labute approximate surface area is 146 Å². The van der Waals surface area contributed by atoms with Gasteiger partial charge in [0.05, 0.1) is 25.0 Å². The van der Waals surface area contributed by atoms with Crippen molar-refractivity contribution in [2.45, 2.75) is 32.7 Å². The fraction of sp³-hybridized carbons (Fsp3) is 0.368. The summed E-state index contributed by atoms with van der Waals surface area (Å²) in [7, 11) is 0. The molecule has 1 aromatic carbocycles. The number of nitrogens with zero attached hydrogens (tertiary/aromatic N) is 5. The van der Waals surface area contributed by atoms with Gasteiger partial charge in [0.1, 0.15) is 5.69 Å². The Balaban J connectivity index is 1.73. The monoisotopic (exact) mass is 335 g/mol. The van der Waals surface area contributed by atoms with Crippen LogP contribution in [0.25, 0.3) is 11.5 Å². The van der Waals surface area contributed by atoms with Gasteiger partial charge in [0.25, 0.3) is 0 Å². The molecule has 4 rings (SSSR count). The molecule has 0 radical (unpaired) electrons. The van der Waals surface area contributed by atoms with Crippen LogP contribution in [-0.4, -0.2) is 37.9 Å². The zero-order valence-electron chi connectivity index (χ0n) is 14.5. The summed E-state index contributed by atoms with van der Waals surface area (Å²) in [5, 5.41) is 4.77. The fourth-order valence-corrected chi connectivity index (χ4v) is 3.06. The van der Waals surface area contributed by atoms with Crippen molar-refractivity contribution < 1.29 is 4.74 Å². The number of hydrogen-bond acceptors (Lipinski definition) is 5. The molecule has 1 fully saturated rings. The third-order valence-electron chi connectivity index (χ3n) is 4.41. The molecule has 1 atom stereocenters. The molecule has 25 heavy (non-hydrogen) atoms. The van der Waals surface area contributed by atoms with E-state index in [4.69, 9.17) is 14.8 Å². The number of rotatable bonds is 4. The van der Waals surface area contributed by atoms with Crippen LogP contribution >= 0.6 is 0 Å². The van der Waals surface area contributed by atoms with Gasteiger partial charge >= 0.3 is 0 Å². The van der Waals surface area contributed by atoms with Gasteiger partial charge in [0.2, 0.25) is 0 Å².